The van der Waals surface area contributed by atoms with Gasteiger partial charge in [-0.25, -0.2) is 9.48 Å². The van der Waals surface area contributed by atoms with Gasteiger partial charge in [-0.3, -0.25) is 19.2 Å². The molecule has 0 radical (unpaired) electrons. The first-order valence-corrected chi connectivity index (χ1v) is 16.3. The molecule has 6 N–H and O–H groups in total. The van der Waals surface area contributed by atoms with Crippen LogP contribution in [0.1, 0.15) is 39.5 Å². The van der Waals surface area contributed by atoms with Gasteiger partial charge in [0.15, 0.2) is 5.78 Å². The summed E-state index contributed by atoms with van der Waals surface area (Å²) in [6.07, 6.45) is 2.28. The van der Waals surface area contributed by atoms with Crippen LogP contribution in [0.15, 0.2) is 16.9 Å². The number of rotatable bonds is 13. The van der Waals surface area contributed by atoms with E-state index < -0.39 is 24.0 Å². The highest BCUT2D eigenvalue weighted by molar-refractivity contribution is 8.03. The lowest BCUT2D eigenvalue weighted by Crippen LogP contribution is -2.62. The SMILES string of the molecule is C[C@@H](CC(=O)Cn1cnnn1)[C@H]1C(=O)N2C(C(=O)O)=C(S[C@@H]3CNC(C(=O)N4CCC(C(=O)NCC(O)CN)CC4)C3)[C@H](C)[C@H]12. The summed E-state index contributed by atoms with van der Waals surface area (Å²) in [5.74, 6) is -2.97. The highest BCUT2D eigenvalue weighted by atomic mass is 32.2. The molecular formula is C28H41N9O7S. The van der Waals surface area contributed by atoms with E-state index in [9.17, 15) is 34.2 Å². The lowest BCUT2D eigenvalue weighted by Gasteiger charge is -2.47. The number of aliphatic hydroxyl groups is 1. The van der Waals surface area contributed by atoms with Gasteiger partial charge < -0.3 is 36.4 Å². The molecule has 2 unspecified atom stereocenters. The number of ketones is 1. The maximum atomic E-state index is 13.3. The number of tetrazole rings is 1. The number of nitrogens with zero attached hydrogens (tertiary/aromatic N) is 6. The predicted octanol–water partition coefficient (Wildman–Crippen LogP) is -1.82. The Bertz CT molecular complexity index is 1330. The lowest BCUT2D eigenvalue weighted by molar-refractivity contribution is -0.160. The Balaban J connectivity index is 1.14. The minimum Gasteiger partial charge on any atom is -0.477 e. The number of Topliss-reactive ketones (excluding diaryl/α,β-unsaturated/α-hetero) is 1. The maximum absolute atomic E-state index is 13.3. The summed E-state index contributed by atoms with van der Waals surface area (Å²) in [5.41, 5.74) is 5.39. The van der Waals surface area contributed by atoms with E-state index in [0.717, 1.165) is 0 Å². The Morgan fingerprint density at radius 1 is 1.24 bits per heavy atom. The number of aliphatic carboxylic acids is 1. The number of amides is 3. The number of hydrogen-bond acceptors (Lipinski definition) is 12. The van der Waals surface area contributed by atoms with Crippen molar-refractivity contribution in [2.45, 2.75) is 69.5 Å². The van der Waals surface area contributed by atoms with Crippen molar-refractivity contribution in [3.8, 4) is 0 Å². The summed E-state index contributed by atoms with van der Waals surface area (Å²) in [4.78, 5) is 67.7. The van der Waals surface area contributed by atoms with Crippen molar-refractivity contribution < 1.29 is 34.2 Å². The average molecular weight is 648 g/mol. The molecule has 0 bridgehead atoms. The van der Waals surface area contributed by atoms with Gasteiger partial charge in [0.2, 0.25) is 17.7 Å². The zero-order valence-corrected chi connectivity index (χ0v) is 26.2. The number of likely N-dealkylation sites (tertiary alicyclic amines) is 1. The minimum atomic E-state index is -1.16. The quantitative estimate of drug-likeness (QED) is 0.149. The van der Waals surface area contributed by atoms with E-state index in [1.54, 1.807) is 4.90 Å². The van der Waals surface area contributed by atoms with Crippen LogP contribution in [0.3, 0.4) is 0 Å². The van der Waals surface area contributed by atoms with Gasteiger partial charge in [0.1, 0.15) is 18.6 Å². The molecule has 7 atom stereocenters. The fraction of sp³-hybridized carbons (Fsp3) is 0.714. The summed E-state index contributed by atoms with van der Waals surface area (Å²) in [6.45, 7) is 5.36. The standard InChI is InChI=1S/C28H41N9O7S/c1-14(7-17(38)12-36-13-32-33-34-36)21-22-15(2)24(23(28(43)44)37(22)27(21)42)45-19-8-20(30-11-19)26(41)35-5-3-16(4-6-35)25(40)31-10-18(39)9-29/h13-16,18-22,30,39H,3-12,29H2,1-2H3,(H,31,40)(H,43,44)/t14-,15+,18?,19-,20?,21+,22+/m0/s1. The molecule has 3 amide bonds. The Hall–Kier alpha value is -3.41. The molecule has 0 aromatic carbocycles. The van der Waals surface area contributed by atoms with Crippen LogP contribution in [0.5, 0.6) is 0 Å². The number of carbonyl (C=O) groups excluding carboxylic acids is 4. The fourth-order valence-corrected chi connectivity index (χ4v) is 8.42. The number of carbonyl (C=O) groups is 5. The summed E-state index contributed by atoms with van der Waals surface area (Å²) in [5, 5.41) is 36.4. The van der Waals surface area contributed by atoms with Gasteiger partial charge in [0.25, 0.3) is 0 Å². The molecule has 246 valence electrons. The predicted molar refractivity (Wildman–Crippen MR) is 160 cm³/mol. The fourth-order valence-electron chi connectivity index (χ4n) is 6.94. The first kappa shape index (κ1) is 33.0. The van der Waals surface area contributed by atoms with Crippen LogP contribution in [-0.2, 0) is 30.5 Å². The van der Waals surface area contributed by atoms with E-state index in [2.05, 4.69) is 26.2 Å². The first-order chi connectivity index (χ1) is 21.5. The van der Waals surface area contributed by atoms with Gasteiger partial charge in [-0.1, -0.05) is 13.8 Å². The van der Waals surface area contributed by atoms with Gasteiger partial charge in [-0.05, 0) is 35.6 Å². The van der Waals surface area contributed by atoms with Crippen LogP contribution in [0.2, 0.25) is 0 Å². The van der Waals surface area contributed by atoms with Crippen LogP contribution < -0.4 is 16.4 Å². The molecule has 5 rings (SSSR count). The van der Waals surface area contributed by atoms with E-state index in [1.807, 2.05) is 13.8 Å². The second kappa shape index (κ2) is 13.9. The number of carboxylic acids is 1. The van der Waals surface area contributed by atoms with Gasteiger partial charge in [-0.2, -0.15) is 0 Å². The van der Waals surface area contributed by atoms with E-state index in [0.29, 0.717) is 43.8 Å². The molecular weight excluding hydrogens is 606 g/mol. The molecule has 4 aliphatic rings. The molecule has 1 aromatic rings. The molecule has 0 saturated carbocycles. The number of β-lactam (4-membered cyclic amide) rings is 1. The van der Waals surface area contributed by atoms with Crippen molar-refractivity contribution in [1.82, 2.24) is 40.6 Å². The van der Waals surface area contributed by atoms with E-state index in [4.69, 9.17) is 5.73 Å². The molecule has 1 aromatic heterocycles. The average Bonchev–Trinajstić information content (AvgIpc) is 3.75. The highest BCUT2D eigenvalue weighted by Gasteiger charge is 2.60. The first-order valence-electron chi connectivity index (χ1n) is 15.4. The summed E-state index contributed by atoms with van der Waals surface area (Å²) < 4.78 is 1.33. The second-order valence-electron chi connectivity index (χ2n) is 12.4. The number of nitrogens with two attached hydrogens (primary N) is 1. The number of hydrogen-bond donors (Lipinski definition) is 5. The van der Waals surface area contributed by atoms with Crippen molar-refractivity contribution in [3.05, 3.63) is 16.9 Å². The van der Waals surface area contributed by atoms with Crippen LogP contribution in [0, 0.1) is 23.7 Å². The van der Waals surface area contributed by atoms with Gasteiger partial charge in [0, 0.05) is 61.1 Å². The number of piperidine rings is 1. The third kappa shape index (κ3) is 6.90. The zero-order valence-electron chi connectivity index (χ0n) is 25.4. The molecule has 4 aliphatic heterocycles. The molecule has 3 saturated heterocycles. The Morgan fingerprint density at radius 3 is 2.62 bits per heavy atom. The molecule has 5 heterocycles. The Labute approximate surface area is 264 Å². The van der Waals surface area contributed by atoms with Crippen LogP contribution in [0.4, 0.5) is 0 Å². The number of aliphatic hydroxyl groups excluding tert-OH is 1. The third-order valence-corrected chi connectivity index (χ3v) is 10.8. The van der Waals surface area contributed by atoms with Gasteiger partial charge in [-0.15, -0.1) is 16.9 Å². The van der Waals surface area contributed by atoms with Gasteiger partial charge >= 0.3 is 5.97 Å². The second-order valence-corrected chi connectivity index (χ2v) is 13.8. The van der Waals surface area contributed by atoms with Crippen LogP contribution in [0.25, 0.3) is 0 Å². The van der Waals surface area contributed by atoms with Gasteiger partial charge in [0.05, 0.1) is 24.1 Å². The molecule has 0 aliphatic carbocycles. The lowest BCUT2D eigenvalue weighted by atomic mass is 9.73. The Kier molecular flexibility index (Phi) is 10.2. The summed E-state index contributed by atoms with van der Waals surface area (Å²) in [6, 6.07) is -0.762. The number of nitrogens with one attached hydrogen (secondary N) is 2. The van der Waals surface area contributed by atoms with Crippen molar-refractivity contribution in [2.75, 3.05) is 32.7 Å². The molecule has 3 fully saturated rings. The number of fused-ring (bicyclic) bond motifs is 1. The highest BCUT2D eigenvalue weighted by Crippen LogP contribution is 2.53. The maximum Gasteiger partial charge on any atom is 0.353 e. The molecule has 45 heavy (non-hydrogen) atoms. The van der Waals surface area contributed by atoms with Crippen molar-refractivity contribution in [1.29, 1.82) is 0 Å². The van der Waals surface area contributed by atoms with E-state index >= 15 is 0 Å². The Morgan fingerprint density at radius 2 is 1.98 bits per heavy atom. The molecule has 0 spiro atoms. The monoisotopic (exact) mass is 647 g/mol. The number of thioether (sulfide) groups is 1. The normalized spacial score (nSPS) is 28.1. The number of aromatic nitrogens is 4. The van der Waals surface area contributed by atoms with Crippen molar-refractivity contribution in [3.63, 3.8) is 0 Å². The minimum absolute atomic E-state index is 0.0000679. The zero-order chi connectivity index (χ0) is 32.4. The van der Waals surface area contributed by atoms with Crippen LogP contribution >= 0.6 is 11.8 Å². The van der Waals surface area contributed by atoms with Crippen molar-refractivity contribution in [2.24, 2.45) is 29.4 Å². The molecule has 17 heteroatoms. The van der Waals surface area contributed by atoms with E-state index in [1.165, 1.54) is 27.7 Å². The number of carboxylic acid groups (broad SMARTS) is 1. The van der Waals surface area contributed by atoms with E-state index in [-0.39, 0.29) is 84.3 Å². The topological polar surface area (TPSA) is 226 Å². The largest absolute Gasteiger partial charge is 0.477 e. The summed E-state index contributed by atoms with van der Waals surface area (Å²) >= 11 is 1.42. The third-order valence-electron chi connectivity index (χ3n) is 9.33. The smallest absolute Gasteiger partial charge is 0.353 e. The molecule has 16 nitrogen and oxygen atoms in total. The van der Waals surface area contributed by atoms with Crippen LogP contribution in [-0.4, -0.2) is 126 Å². The van der Waals surface area contributed by atoms with Crippen molar-refractivity contribution >= 4 is 41.2 Å². The summed E-state index contributed by atoms with van der Waals surface area (Å²) in [7, 11) is 0.